The highest BCUT2D eigenvalue weighted by Crippen LogP contribution is 2.11. The molecule has 0 radical (unpaired) electrons. The van der Waals surface area contributed by atoms with Crippen LogP contribution in [0.15, 0.2) is 34.0 Å². The Labute approximate surface area is 118 Å². The third-order valence-electron chi connectivity index (χ3n) is 3.11. The van der Waals surface area contributed by atoms with E-state index in [1.165, 1.54) is 14.1 Å². The summed E-state index contributed by atoms with van der Waals surface area (Å²) in [5.41, 5.74) is -1.55. The Hall–Kier alpha value is -2.57. The number of benzene rings is 1. The number of hydrogen-bond acceptors (Lipinski definition) is 3. The molecule has 0 saturated carbocycles. The van der Waals surface area contributed by atoms with Crippen LogP contribution in [0.5, 0.6) is 0 Å². The minimum atomic E-state index is -0.856. The molecule has 5 nitrogen and oxygen atoms in total. The maximum Gasteiger partial charge on any atom is 0.330 e. The Morgan fingerprint density at radius 2 is 1.86 bits per heavy atom. The summed E-state index contributed by atoms with van der Waals surface area (Å²) in [6.07, 6.45) is 0.730. The zero-order valence-electron chi connectivity index (χ0n) is 11.4. The number of halogens is 2. The molecule has 0 amide bonds. The fourth-order valence-electron chi connectivity index (χ4n) is 1.93. The molecule has 1 aromatic heterocycles. The normalized spacial score (nSPS) is 10.7. The molecule has 0 N–H and O–H groups in total. The van der Waals surface area contributed by atoms with Crippen LogP contribution in [0.2, 0.25) is 0 Å². The molecule has 0 aliphatic rings. The molecule has 0 fully saturated rings. The highest BCUT2D eigenvalue weighted by Gasteiger charge is 2.17. The Kier molecular flexibility index (Phi) is 3.84. The largest absolute Gasteiger partial charge is 0.330 e. The van der Waals surface area contributed by atoms with Crippen LogP contribution in [0.1, 0.15) is 15.9 Å². The van der Waals surface area contributed by atoms with E-state index in [1.54, 1.807) is 0 Å². The molecule has 0 aliphatic heterocycles. The van der Waals surface area contributed by atoms with Gasteiger partial charge in [-0.3, -0.25) is 14.2 Å². The lowest BCUT2D eigenvalue weighted by Crippen LogP contribution is -2.39. The highest BCUT2D eigenvalue weighted by molar-refractivity contribution is 5.96. The van der Waals surface area contributed by atoms with E-state index in [-0.39, 0.29) is 17.5 Å². The van der Waals surface area contributed by atoms with Gasteiger partial charge in [0.2, 0.25) is 0 Å². The van der Waals surface area contributed by atoms with Gasteiger partial charge in [0, 0.05) is 32.8 Å². The molecule has 0 bridgehead atoms. The van der Waals surface area contributed by atoms with Gasteiger partial charge in [-0.05, 0) is 11.6 Å². The number of Topliss-reactive ketones (excluding diaryl/α,β-unsaturated/α-hetero) is 1. The topological polar surface area (TPSA) is 61.1 Å². The smallest absolute Gasteiger partial charge is 0.303 e. The van der Waals surface area contributed by atoms with E-state index in [2.05, 4.69) is 0 Å². The zero-order valence-corrected chi connectivity index (χ0v) is 11.4. The summed E-state index contributed by atoms with van der Waals surface area (Å²) >= 11 is 0. The Bertz CT molecular complexity index is 837. The number of carbonyl (C=O) groups is 1. The van der Waals surface area contributed by atoms with Crippen molar-refractivity contribution >= 4 is 5.78 Å². The van der Waals surface area contributed by atoms with Crippen molar-refractivity contribution in [3.63, 3.8) is 0 Å². The summed E-state index contributed by atoms with van der Waals surface area (Å²) in [4.78, 5) is 35.5. The molecule has 0 saturated heterocycles. The summed E-state index contributed by atoms with van der Waals surface area (Å²) < 4.78 is 28.2. The summed E-state index contributed by atoms with van der Waals surface area (Å²) in [7, 11) is 2.65. The van der Waals surface area contributed by atoms with Crippen molar-refractivity contribution in [1.29, 1.82) is 0 Å². The van der Waals surface area contributed by atoms with Crippen molar-refractivity contribution in [2.24, 2.45) is 14.1 Å². The van der Waals surface area contributed by atoms with Gasteiger partial charge in [0.05, 0.1) is 5.56 Å². The average molecular weight is 294 g/mol. The number of aromatic nitrogens is 2. The van der Waals surface area contributed by atoms with Gasteiger partial charge in [-0.1, -0.05) is 6.07 Å². The fourth-order valence-corrected chi connectivity index (χ4v) is 1.93. The molecule has 1 aromatic carbocycles. The fraction of sp³-hybridized carbons (Fsp3) is 0.214. The monoisotopic (exact) mass is 294 g/mol. The highest BCUT2D eigenvalue weighted by atomic mass is 19.1. The summed E-state index contributed by atoms with van der Waals surface area (Å²) in [6, 6.07) is 2.85. The van der Waals surface area contributed by atoms with Crippen LogP contribution in [-0.4, -0.2) is 14.9 Å². The Balaban J connectivity index is 2.42. The van der Waals surface area contributed by atoms with E-state index in [9.17, 15) is 23.2 Å². The van der Waals surface area contributed by atoms with Crippen LogP contribution >= 0.6 is 0 Å². The van der Waals surface area contributed by atoms with Gasteiger partial charge in [0.25, 0.3) is 5.56 Å². The first-order valence-electron chi connectivity index (χ1n) is 6.05. The molecule has 1 heterocycles. The SMILES string of the molecule is Cn1cc(C(=O)Cc2ccc(F)cc2F)c(=O)n(C)c1=O. The van der Waals surface area contributed by atoms with Crippen LogP contribution in [-0.2, 0) is 20.5 Å². The van der Waals surface area contributed by atoms with Gasteiger partial charge in [-0.15, -0.1) is 0 Å². The lowest BCUT2D eigenvalue weighted by Gasteiger charge is -2.06. The second-order valence-electron chi connectivity index (χ2n) is 4.64. The standard InChI is InChI=1S/C14H12F2N2O3/c1-17-7-10(13(20)18(2)14(17)21)12(19)5-8-3-4-9(15)6-11(8)16/h3-4,6-7H,5H2,1-2H3. The van der Waals surface area contributed by atoms with Crippen LogP contribution in [0.3, 0.4) is 0 Å². The van der Waals surface area contributed by atoms with Crippen LogP contribution < -0.4 is 11.2 Å². The van der Waals surface area contributed by atoms with E-state index in [4.69, 9.17) is 0 Å². The van der Waals surface area contributed by atoms with Crippen molar-refractivity contribution in [2.75, 3.05) is 0 Å². The minimum Gasteiger partial charge on any atom is -0.303 e. The number of hydrogen-bond donors (Lipinski definition) is 0. The third kappa shape index (κ3) is 2.81. The predicted octanol–water partition coefficient (Wildman–Crippen LogP) is 0.788. The van der Waals surface area contributed by atoms with Gasteiger partial charge >= 0.3 is 5.69 Å². The lowest BCUT2D eigenvalue weighted by atomic mass is 10.0. The van der Waals surface area contributed by atoms with Crippen molar-refractivity contribution in [3.8, 4) is 0 Å². The molecular weight excluding hydrogens is 282 g/mol. The predicted molar refractivity (Wildman–Crippen MR) is 71.3 cm³/mol. The minimum absolute atomic E-state index is 0.0164. The molecule has 0 aliphatic carbocycles. The Morgan fingerprint density at radius 3 is 2.48 bits per heavy atom. The summed E-state index contributed by atoms with van der Waals surface area (Å²) in [6.45, 7) is 0. The number of carbonyl (C=O) groups excluding carboxylic acids is 1. The second kappa shape index (κ2) is 5.43. The first-order valence-corrected chi connectivity index (χ1v) is 6.05. The second-order valence-corrected chi connectivity index (χ2v) is 4.64. The molecule has 2 aromatic rings. The van der Waals surface area contributed by atoms with Crippen LogP contribution in [0.25, 0.3) is 0 Å². The summed E-state index contributed by atoms with van der Waals surface area (Å²) in [5.74, 6) is -2.25. The first-order chi connectivity index (χ1) is 9.81. The van der Waals surface area contributed by atoms with Crippen LogP contribution in [0, 0.1) is 11.6 Å². The molecule has 110 valence electrons. The third-order valence-corrected chi connectivity index (χ3v) is 3.11. The van der Waals surface area contributed by atoms with Gasteiger partial charge < -0.3 is 4.57 Å². The number of aryl methyl sites for hydroxylation is 1. The van der Waals surface area contributed by atoms with Gasteiger partial charge in [-0.25, -0.2) is 13.6 Å². The van der Waals surface area contributed by atoms with Crippen LogP contribution in [0.4, 0.5) is 8.78 Å². The van der Waals surface area contributed by atoms with E-state index in [0.29, 0.717) is 6.07 Å². The molecule has 0 atom stereocenters. The number of nitrogens with zero attached hydrogens (tertiary/aromatic N) is 2. The molecule has 0 spiro atoms. The summed E-state index contributed by atoms with van der Waals surface area (Å²) in [5, 5.41) is 0. The van der Waals surface area contributed by atoms with E-state index < -0.39 is 28.7 Å². The maximum absolute atomic E-state index is 13.5. The molecule has 21 heavy (non-hydrogen) atoms. The van der Waals surface area contributed by atoms with E-state index in [1.807, 2.05) is 0 Å². The quantitative estimate of drug-likeness (QED) is 0.786. The lowest BCUT2D eigenvalue weighted by molar-refractivity contribution is 0.0988. The number of ketones is 1. The average Bonchev–Trinajstić information content (AvgIpc) is 2.43. The zero-order chi connectivity index (χ0) is 15.7. The molecular formula is C14H12F2N2O3. The first kappa shape index (κ1) is 14.8. The Morgan fingerprint density at radius 1 is 1.19 bits per heavy atom. The number of rotatable bonds is 3. The van der Waals surface area contributed by atoms with Crippen molar-refractivity contribution < 1.29 is 13.6 Å². The molecule has 0 unspecified atom stereocenters. The van der Waals surface area contributed by atoms with Crippen molar-refractivity contribution in [3.05, 3.63) is 68.0 Å². The van der Waals surface area contributed by atoms with Crippen molar-refractivity contribution in [2.45, 2.75) is 6.42 Å². The maximum atomic E-state index is 13.5. The van der Waals surface area contributed by atoms with E-state index >= 15 is 0 Å². The van der Waals surface area contributed by atoms with E-state index in [0.717, 1.165) is 27.5 Å². The van der Waals surface area contributed by atoms with Gasteiger partial charge in [0.1, 0.15) is 11.6 Å². The van der Waals surface area contributed by atoms with Gasteiger partial charge in [0.15, 0.2) is 5.78 Å². The molecule has 2 rings (SSSR count). The molecule has 7 heteroatoms. The van der Waals surface area contributed by atoms with Crippen molar-refractivity contribution in [1.82, 2.24) is 9.13 Å². The van der Waals surface area contributed by atoms with Gasteiger partial charge in [-0.2, -0.15) is 0 Å².